The molecule has 0 radical (unpaired) electrons. The molecule has 3 nitrogen and oxygen atoms in total. The van der Waals surface area contributed by atoms with Crippen LogP contribution in [0.5, 0.6) is 0 Å². The van der Waals surface area contributed by atoms with Gasteiger partial charge in [-0.15, -0.1) is 0 Å². The van der Waals surface area contributed by atoms with Gasteiger partial charge < -0.3 is 5.32 Å². The molecule has 2 aromatic rings. The van der Waals surface area contributed by atoms with Crippen LogP contribution in [-0.2, 0) is 6.54 Å². The molecule has 2 heterocycles. The zero-order chi connectivity index (χ0) is 13.0. The number of nitrogens with one attached hydrogen (secondary N) is 1. The summed E-state index contributed by atoms with van der Waals surface area (Å²) in [6, 6.07) is 7.22. The van der Waals surface area contributed by atoms with E-state index in [2.05, 4.69) is 15.3 Å². The maximum absolute atomic E-state index is 12.7. The van der Waals surface area contributed by atoms with Crippen molar-refractivity contribution in [1.82, 2.24) is 15.3 Å². The summed E-state index contributed by atoms with van der Waals surface area (Å²) in [5, 5.41) is 3.33. The van der Waals surface area contributed by atoms with Crippen molar-refractivity contribution >= 4 is 0 Å². The van der Waals surface area contributed by atoms with Gasteiger partial charge in [0, 0.05) is 24.5 Å². The summed E-state index contributed by atoms with van der Waals surface area (Å²) in [4.78, 5) is 8.29. The van der Waals surface area contributed by atoms with Crippen LogP contribution in [0.2, 0.25) is 0 Å². The third kappa shape index (κ3) is 3.34. The molecule has 0 aliphatic carbocycles. The monoisotopic (exact) mass is 245 g/mol. The lowest BCUT2D eigenvalue weighted by molar-refractivity contribution is 0.554. The quantitative estimate of drug-likeness (QED) is 0.900. The largest absolute Gasteiger partial charge is 0.305 e. The van der Waals surface area contributed by atoms with E-state index in [1.165, 1.54) is 12.3 Å². The maximum Gasteiger partial charge on any atom is 0.141 e. The third-order valence-electron chi connectivity index (χ3n) is 2.78. The maximum atomic E-state index is 12.7. The van der Waals surface area contributed by atoms with Crippen LogP contribution in [0.1, 0.15) is 29.9 Å². The van der Waals surface area contributed by atoms with Crippen LogP contribution in [0.3, 0.4) is 0 Å². The minimum Gasteiger partial charge on any atom is -0.305 e. The topological polar surface area (TPSA) is 37.8 Å². The molecule has 18 heavy (non-hydrogen) atoms. The molecule has 0 aromatic carbocycles. The molecule has 0 bridgehead atoms. The number of rotatable bonds is 4. The summed E-state index contributed by atoms with van der Waals surface area (Å²) >= 11 is 0. The second kappa shape index (κ2) is 5.69. The zero-order valence-corrected chi connectivity index (χ0v) is 10.5. The Morgan fingerprint density at radius 1 is 1.17 bits per heavy atom. The fourth-order valence-electron chi connectivity index (χ4n) is 1.62. The van der Waals surface area contributed by atoms with Gasteiger partial charge in [0.05, 0.1) is 11.9 Å². The summed E-state index contributed by atoms with van der Waals surface area (Å²) in [5.74, 6) is -0.311. The van der Waals surface area contributed by atoms with E-state index in [9.17, 15) is 4.39 Å². The Labute approximate surface area is 106 Å². The summed E-state index contributed by atoms with van der Waals surface area (Å²) in [6.45, 7) is 4.68. The second-order valence-electron chi connectivity index (χ2n) is 4.31. The van der Waals surface area contributed by atoms with E-state index in [1.54, 1.807) is 6.07 Å². The van der Waals surface area contributed by atoms with Crippen LogP contribution in [-0.4, -0.2) is 9.97 Å². The molecular formula is C14H16FN3. The van der Waals surface area contributed by atoms with Gasteiger partial charge in [-0.25, -0.2) is 4.39 Å². The first kappa shape index (κ1) is 12.6. The molecule has 1 unspecified atom stereocenters. The molecule has 4 heteroatoms. The van der Waals surface area contributed by atoms with E-state index in [0.29, 0.717) is 6.54 Å². The predicted octanol–water partition coefficient (Wildman–Crippen LogP) is 2.77. The molecule has 0 fully saturated rings. The highest BCUT2D eigenvalue weighted by Crippen LogP contribution is 2.10. The van der Waals surface area contributed by atoms with E-state index in [1.807, 2.05) is 32.2 Å². The minimum absolute atomic E-state index is 0.0758. The van der Waals surface area contributed by atoms with E-state index in [4.69, 9.17) is 0 Å². The van der Waals surface area contributed by atoms with E-state index in [-0.39, 0.29) is 11.9 Å². The van der Waals surface area contributed by atoms with Crippen LogP contribution in [0.25, 0.3) is 0 Å². The van der Waals surface area contributed by atoms with Crippen molar-refractivity contribution in [2.75, 3.05) is 0 Å². The highest BCUT2D eigenvalue weighted by Gasteiger charge is 2.06. The molecule has 94 valence electrons. The van der Waals surface area contributed by atoms with Gasteiger partial charge in [-0.3, -0.25) is 9.97 Å². The van der Waals surface area contributed by atoms with Crippen molar-refractivity contribution in [2.24, 2.45) is 0 Å². The fraction of sp³-hybridized carbons (Fsp3) is 0.286. The van der Waals surface area contributed by atoms with E-state index in [0.717, 1.165) is 17.0 Å². The van der Waals surface area contributed by atoms with Crippen LogP contribution < -0.4 is 5.32 Å². The molecule has 0 spiro atoms. The Balaban J connectivity index is 1.93. The summed E-state index contributed by atoms with van der Waals surface area (Å²) in [7, 11) is 0. The first-order valence-corrected chi connectivity index (χ1v) is 5.91. The first-order valence-electron chi connectivity index (χ1n) is 5.91. The van der Waals surface area contributed by atoms with Gasteiger partial charge in [0.1, 0.15) is 5.82 Å². The summed E-state index contributed by atoms with van der Waals surface area (Å²) in [6.07, 6.45) is 3.09. The van der Waals surface area contributed by atoms with Gasteiger partial charge in [-0.2, -0.15) is 0 Å². The lowest BCUT2D eigenvalue weighted by atomic mass is 10.2. The minimum atomic E-state index is -0.311. The van der Waals surface area contributed by atoms with Crippen LogP contribution in [0.15, 0.2) is 36.7 Å². The standard InChI is InChI=1S/C14H16FN3/c1-10-3-4-12(7-16-10)8-17-11(2)14-6-5-13(15)9-18-14/h3-7,9,11,17H,8H2,1-2H3. The van der Waals surface area contributed by atoms with Gasteiger partial charge in [0.2, 0.25) is 0 Å². The van der Waals surface area contributed by atoms with Gasteiger partial charge in [0.15, 0.2) is 0 Å². The number of aromatic nitrogens is 2. The van der Waals surface area contributed by atoms with Crippen molar-refractivity contribution in [1.29, 1.82) is 0 Å². The third-order valence-corrected chi connectivity index (χ3v) is 2.78. The van der Waals surface area contributed by atoms with Crippen molar-refractivity contribution in [2.45, 2.75) is 26.4 Å². The van der Waals surface area contributed by atoms with Crippen LogP contribution in [0, 0.1) is 12.7 Å². The second-order valence-corrected chi connectivity index (χ2v) is 4.31. The van der Waals surface area contributed by atoms with Gasteiger partial charge in [-0.05, 0) is 37.6 Å². The lowest BCUT2D eigenvalue weighted by Crippen LogP contribution is -2.19. The van der Waals surface area contributed by atoms with Gasteiger partial charge in [0.25, 0.3) is 0 Å². The van der Waals surface area contributed by atoms with Gasteiger partial charge in [-0.1, -0.05) is 6.07 Å². The fourth-order valence-corrected chi connectivity index (χ4v) is 1.62. The Kier molecular flexibility index (Phi) is 3.99. The predicted molar refractivity (Wildman–Crippen MR) is 68.4 cm³/mol. The molecule has 1 atom stereocenters. The smallest absolute Gasteiger partial charge is 0.141 e. The van der Waals surface area contributed by atoms with E-state index >= 15 is 0 Å². The highest BCUT2D eigenvalue weighted by atomic mass is 19.1. The SMILES string of the molecule is Cc1ccc(CNC(C)c2ccc(F)cn2)cn1. The Bertz CT molecular complexity index is 493. The number of hydrogen-bond acceptors (Lipinski definition) is 3. The molecule has 0 amide bonds. The Morgan fingerprint density at radius 2 is 2.00 bits per heavy atom. The number of pyridine rings is 2. The Morgan fingerprint density at radius 3 is 2.61 bits per heavy atom. The van der Waals surface area contributed by atoms with Crippen molar-refractivity contribution < 1.29 is 4.39 Å². The number of aryl methyl sites for hydroxylation is 1. The average molecular weight is 245 g/mol. The molecule has 1 N–H and O–H groups in total. The van der Waals surface area contributed by atoms with Gasteiger partial charge >= 0.3 is 0 Å². The molecule has 0 saturated carbocycles. The average Bonchev–Trinajstić information content (AvgIpc) is 2.38. The molecule has 2 rings (SSSR count). The molecule has 2 aromatic heterocycles. The normalized spacial score (nSPS) is 12.4. The van der Waals surface area contributed by atoms with Crippen LogP contribution >= 0.6 is 0 Å². The summed E-state index contributed by atoms with van der Waals surface area (Å²) in [5.41, 5.74) is 2.96. The molecule has 0 aliphatic heterocycles. The molecule has 0 saturated heterocycles. The van der Waals surface area contributed by atoms with E-state index < -0.39 is 0 Å². The molecule has 0 aliphatic rings. The number of nitrogens with zero attached hydrogens (tertiary/aromatic N) is 2. The lowest BCUT2D eigenvalue weighted by Gasteiger charge is -2.13. The van der Waals surface area contributed by atoms with Crippen molar-refractivity contribution in [3.63, 3.8) is 0 Å². The summed E-state index contributed by atoms with van der Waals surface area (Å²) < 4.78 is 12.7. The Hall–Kier alpha value is -1.81. The molecular weight excluding hydrogens is 229 g/mol. The van der Waals surface area contributed by atoms with Crippen molar-refractivity contribution in [3.8, 4) is 0 Å². The van der Waals surface area contributed by atoms with Crippen molar-refractivity contribution in [3.05, 3.63) is 59.4 Å². The highest BCUT2D eigenvalue weighted by molar-refractivity contribution is 5.14. The number of hydrogen-bond donors (Lipinski definition) is 1. The van der Waals surface area contributed by atoms with Crippen LogP contribution in [0.4, 0.5) is 4.39 Å². The zero-order valence-electron chi connectivity index (χ0n) is 10.5. The first-order chi connectivity index (χ1) is 8.65. The number of halogens is 1.